The van der Waals surface area contributed by atoms with Crippen LogP contribution in [0.15, 0.2) is 29.4 Å². The maximum Gasteiger partial charge on any atom is 0.338 e. The number of aliphatic hydroxyl groups is 1. The lowest BCUT2D eigenvalue weighted by Gasteiger charge is -2.26. The number of carbonyl (C=O) groups is 2. The molecule has 118 valence electrons. The van der Waals surface area contributed by atoms with E-state index in [0.29, 0.717) is 5.75 Å². The van der Waals surface area contributed by atoms with Crippen molar-refractivity contribution in [2.24, 2.45) is 5.11 Å². The Morgan fingerprint density at radius 2 is 2.00 bits per heavy atom. The predicted octanol–water partition coefficient (Wildman–Crippen LogP) is 1.87. The van der Waals surface area contributed by atoms with Crippen molar-refractivity contribution in [3.8, 4) is 5.75 Å². The topological polar surface area (TPSA) is 122 Å². The van der Waals surface area contributed by atoms with Crippen LogP contribution in [0.5, 0.6) is 5.75 Å². The fourth-order valence-electron chi connectivity index (χ4n) is 1.77. The highest BCUT2D eigenvalue weighted by Gasteiger charge is 2.44. The summed E-state index contributed by atoms with van der Waals surface area (Å²) in [4.78, 5) is 26.7. The molecule has 0 unspecified atom stereocenters. The number of ether oxygens (including phenoxy) is 2. The van der Waals surface area contributed by atoms with Gasteiger partial charge in [-0.2, -0.15) is 0 Å². The molecule has 8 heteroatoms. The fourth-order valence-corrected chi connectivity index (χ4v) is 1.77. The maximum absolute atomic E-state index is 12.4. The maximum atomic E-state index is 12.4. The molecule has 22 heavy (non-hydrogen) atoms. The Hall–Kier alpha value is -2.57. The molecule has 0 spiro atoms. The summed E-state index contributed by atoms with van der Waals surface area (Å²) in [5.74, 6) is -1.19. The van der Waals surface area contributed by atoms with Crippen LogP contribution in [0.2, 0.25) is 0 Å². The summed E-state index contributed by atoms with van der Waals surface area (Å²) in [5, 5.41) is 13.5. The lowest BCUT2D eigenvalue weighted by molar-refractivity contribution is -0.164. The van der Waals surface area contributed by atoms with Crippen LogP contribution in [0.25, 0.3) is 10.4 Å². The Morgan fingerprint density at radius 1 is 1.41 bits per heavy atom. The average molecular weight is 307 g/mol. The number of ketones is 1. The first kappa shape index (κ1) is 17.5. The summed E-state index contributed by atoms with van der Waals surface area (Å²) in [6.45, 7) is 2.66. The molecule has 8 nitrogen and oxygen atoms in total. The van der Waals surface area contributed by atoms with Crippen molar-refractivity contribution in [1.82, 2.24) is 0 Å². The average Bonchev–Trinajstić information content (AvgIpc) is 2.52. The van der Waals surface area contributed by atoms with Gasteiger partial charge in [0.05, 0.1) is 13.7 Å². The van der Waals surface area contributed by atoms with Crippen molar-refractivity contribution in [3.63, 3.8) is 0 Å². The molecule has 2 atom stereocenters. The van der Waals surface area contributed by atoms with E-state index in [1.165, 1.54) is 19.2 Å². The minimum atomic E-state index is -2.26. The van der Waals surface area contributed by atoms with Crippen LogP contribution in [0.1, 0.15) is 24.2 Å². The molecule has 0 heterocycles. The van der Waals surface area contributed by atoms with E-state index in [0.717, 1.165) is 6.92 Å². The first-order chi connectivity index (χ1) is 10.4. The molecule has 0 aliphatic heterocycles. The second-order valence-corrected chi connectivity index (χ2v) is 4.57. The Bertz CT molecular complexity index is 591. The number of carbonyl (C=O) groups excluding carboxylic acids is 2. The molecular formula is C14H17N3O5. The van der Waals surface area contributed by atoms with Crippen LogP contribution >= 0.6 is 0 Å². The van der Waals surface area contributed by atoms with Gasteiger partial charge >= 0.3 is 5.97 Å². The summed E-state index contributed by atoms with van der Waals surface area (Å²) < 4.78 is 9.69. The van der Waals surface area contributed by atoms with E-state index in [1.807, 2.05) is 0 Å². The van der Waals surface area contributed by atoms with E-state index in [-0.39, 0.29) is 12.2 Å². The summed E-state index contributed by atoms with van der Waals surface area (Å²) in [6, 6.07) is 4.34. The monoisotopic (exact) mass is 307 g/mol. The highest BCUT2D eigenvalue weighted by molar-refractivity contribution is 6.04. The number of azide groups is 1. The normalized spacial score (nSPS) is 14.2. The van der Waals surface area contributed by atoms with Crippen molar-refractivity contribution in [2.75, 3.05) is 13.7 Å². The number of rotatable bonds is 7. The Kier molecular flexibility index (Phi) is 5.91. The van der Waals surface area contributed by atoms with Crippen LogP contribution < -0.4 is 4.74 Å². The number of Topliss-reactive ketones (excluding diaryl/α,β-unsaturated/α-hetero) is 1. The van der Waals surface area contributed by atoms with Gasteiger partial charge < -0.3 is 14.6 Å². The Balaban J connectivity index is 3.15. The van der Waals surface area contributed by atoms with Crippen molar-refractivity contribution in [1.29, 1.82) is 0 Å². The Labute approximate surface area is 127 Å². The van der Waals surface area contributed by atoms with Crippen molar-refractivity contribution < 1.29 is 24.2 Å². The lowest BCUT2D eigenvalue weighted by Crippen LogP contribution is -2.50. The summed E-state index contributed by atoms with van der Waals surface area (Å²) in [7, 11) is 1.48. The van der Waals surface area contributed by atoms with Gasteiger partial charge in [-0.05, 0) is 43.6 Å². The van der Waals surface area contributed by atoms with Crippen LogP contribution in [-0.4, -0.2) is 42.2 Å². The van der Waals surface area contributed by atoms with Gasteiger partial charge in [0.25, 0.3) is 0 Å². The van der Waals surface area contributed by atoms with Crippen LogP contribution in [0, 0.1) is 0 Å². The molecule has 0 radical (unpaired) electrons. The van der Waals surface area contributed by atoms with E-state index < -0.39 is 23.4 Å². The quantitative estimate of drug-likeness (QED) is 0.271. The molecule has 1 rings (SSSR count). The molecule has 1 N–H and O–H groups in total. The van der Waals surface area contributed by atoms with Gasteiger partial charge in [-0.3, -0.25) is 4.79 Å². The van der Waals surface area contributed by atoms with E-state index in [4.69, 9.17) is 15.0 Å². The second kappa shape index (κ2) is 7.44. The van der Waals surface area contributed by atoms with Crippen LogP contribution in [-0.2, 0) is 9.53 Å². The molecule has 0 saturated heterocycles. The first-order valence-electron chi connectivity index (χ1n) is 6.50. The van der Waals surface area contributed by atoms with Gasteiger partial charge in [0, 0.05) is 10.5 Å². The third kappa shape index (κ3) is 3.75. The van der Waals surface area contributed by atoms with Gasteiger partial charge in [0.2, 0.25) is 0 Å². The van der Waals surface area contributed by atoms with Gasteiger partial charge in [-0.1, -0.05) is 5.11 Å². The number of nitrogens with zero attached hydrogens (tertiary/aromatic N) is 3. The smallest absolute Gasteiger partial charge is 0.338 e. The highest BCUT2D eigenvalue weighted by Crippen LogP contribution is 2.22. The summed E-state index contributed by atoms with van der Waals surface area (Å²) in [5.41, 5.74) is 6.52. The molecule has 1 aromatic rings. The van der Waals surface area contributed by atoms with Gasteiger partial charge in [-0.25, -0.2) is 4.79 Å². The summed E-state index contributed by atoms with van der Waals surface area (Å²) >= 11 is 0. The second-order valence-electron chi connectivity index (χ2n) is 4.57. The minimum absolute atomic E-state index is 0.0225. The molecule has 1 aromatic carbocycles. The minimum Gasteiger partial charge on any atom is -0.497 e. The molecule has 0 amide bonds. The number of methoxy groups -OCH3 is 1. The van der Waals surface area contributed by atoms with Crippen LogP contribution in [0.3, 0.4) is 0 Å². The fraction of sp³-hybridized carbons (Fsp3) is 0.429. The Morgan fingerprint density at radius 3 is 2.45 bits per heavy atom. The zero-order chi connectivity index (χ0) is 16.8. The molecule has 0 fully saturated rings. The van der Waals surface area contributed by atoms with E-state index in [2.05, 4.69) is 10.0 Å². The van der Waals surface area contributed by atoms with Gasteiger partial charge in [0.15, 0.2) is 11.4 Å². The third-order valence-corrected chi connectivity index (χ3v) is 3.01. The standard InChI is InChI=1S/C14H17N3O5/c1-4-22-13(19)14(2,20)12(16-17-15)11(18)9-5-7-10(21-3)8-6-9/h5-8,12,20H,4H2,1-3H3/t12-,14+/m0/s1. The summed E-state index contributed by atoms with van der Waals surface area (Å²) in [6.07, 6.45) is 0. The largest absolute Gasteiger partial charge is 0.497 e. The number of hydrogen-bond acceptors (Lipinski definition) is 6. The zero-order valence-electron chi connectivity index (χ0n) is 12.5. The molecule has 0 saturated carbocycles. The van der Waals surface area contributed by atoms with Crippen molar-refractivity contribution in [3.05, 3.63) is 40.3 Å². The van der Waals surface area contributed by atoms with Crippen LogP contribution in [0.4, 0.5) is 0 Å². The van der Waals surface area contributed by atoms with E-state index in [9.17, 15) is 14.7 Å². The van der Waals surface area contributed by atoms with E-state index >= 15 is 0 Å². The highest BCUT2D eigenvalue weighted by atomic mass is 16.5. The third-order valence-electron chi connectivity index (χ3n) is 3.01. The first-order valence-corrected chi connectivity index (χ1v) is 6.50. The number of esters is 1. The zero-order valence-corrected chi connectivity index (χ0v) is 12.5. The number of benzene rings is 1. The van der Waals surface area contributed by atoms with Gasteiger partial charge in [-0.15, -0.1) is 0 Å². The predicted molar refractivity (Wildman–Crippen MR) is 77.5 cm³/mol. The van der Waals surface area contributed by atoms with Crippen molar-refractivity contribution >= 4 is 11.8 Å². The SMILES string of the molecule is CCOC(=O)[C@](C)(O)[C@@H](N=[N+]=[N-])C(=O)c1ccc(OC)cc1. The van der Waals surface area contributed by atoms with E-state index in [1.54, 1.807) is 19.1 Å². The molecule has 0 bridgehead atoms. The molecular weight excluding hydrogens is 290 g/mol. The lowest BCUT2D eigenvalue weighted by atomic mass is 9.90. The number of hydrogen-bond donors (Lipinski definition) is 1. The van der Waals surface area contributed by atoms with Crippen molar-refractivity contribution in [2.45, 2.75) is 25.5 Å². The van der Waals surface area contributed by atoms with Gasteiger partial charge in [0.1, 0.15) is 11.8 Å². The molecule has 0 aromatic heterocycles. The molecule has 0 aliphatic rings. The molecule has 0 aliphatic carbocycles.